The van der Waals surface area contributed by atoms with Crippen molar-refractivity contribution < 1.29 is 9.90 Å². The number of carbonyl (C=O) groups is 1. The van der Waals surface area contributed by atoms with Gasteiger partial charge < -0.3 is 15.7 Å². The summed E-state index contributed by atoms with van der Waals surface area (Å²) in [5.74, 6) is -0.473. The van der Waals surface area contributed by atoms with Gasteiger partial charge in [0.25, 0.3) is 0 Å². The molecule has 0 aromatic heterocycles. The van der Waals surface area contributed by atoms with E-state index in [1.54, 1.807) is 0 Å². The molecule has 2 heterocycles. The molecule has 1 aromatic carbocycles. The van der Waals surface area contributed by atoms with Gasteiger partial charge in [0.05, 0.1) is 12.0 Å². The van der Waals surface area contributed by atoms with Crippen LogP contribution in [0, 0.1) is 5.92 Å². The summed E-state index contributed by atoms with van der Waals surface area (Å²) in [6.07, 6.45) is 1.20. The van der Waals surface area contributed by atoms with Crippen molar-refractivity contribution in [1.29, 1.82) is 0 Å². The van der Waals surface area contributed by atoms with E-state index >= 15 is 0 Å². The van der Waals surface area contributed by atoms with Crippen molar-refractivity contribution in [3.05, 3.63) is 35.9 Å². The average molecular weight is 246 g/mol. The van der Waals surface area contributed by atoms with E-state index in [4.69, 9.17) is 5.73 Å². The van der Waals surface area contributed by atoms with Crippen molar-refractivity contribution in [2.75, 3.05) is 6.54 Å². The summed E-state index contributed by atoms with van der Waals surface area (Å²) in [5, 5.41) is 10.4. The van der Waals surface area contributed by atoms with Crippen LogP contribution in [0.4, 0.5) is 0 Å². The van der Waals surface area contributed by atoms with E-state index in [0.717, 1.165) is 24.9 Å². The third-order valence-corrected chi connectivity index (χ3v) is 4.21. The van der Waals surface area contributed by atoms with Crippen LogP contribution in [-0.4, -0.2) is 34.5 Å². The van der Waals surface area contributed by atoms with Gasteiger partial charge in [0.2, 0.25) is 5.91 Å². The van der Waals surface area contributed by atoms with Crippen LogP contribution in [-0.2, 0) is 4.79 Å². The molecule has 0 spiro atoms. The lowest BCUT2D eigenvalue weighted by Gasteiger charge is -2.21. The van der Waals surface area contributed by atoms with Crippen LogP contribution < -0.4 is 5.73 Å². The van der Waals surface area contributed by atoms with Crippen LogP contribution in [0.5, 0.6) is 0 Å². The van der Waals surface area contributed by atoms with Gasteiger partial charge >= 0.3 is 0 Å². The molecule has 96 valence electrons. The first-order valence-corrected chi connectivity index (χ1v) is 6.49. The Hall–Kier alpha value is -1.39. The van der Waals surface area contributed by atoms with Gasteiger partial charge in [0, 0.05) is 18.6 Å². The van der Waals surface area contributed by atoms with Gasteiger partial charge in [-0.2, -0.15) is 0 Å². The highest BCUT2D eigenvalue weighted by molar-refractivity contribution is 5.84. The number of amides is 1. The molecule has 2 fully saturated rings. The largest absolute Gasteiger partial charge is 0.388 e. The van der Waals surface area contributed by atoms with E-state index < -0.39 is 12.0 Å². The van der Waals surface area contributed by atoms with E-state index in [-0.39, 0.29) is 18.0 Å². The number of nitrogens with two attached hydrogens (primary N) is 1. The molecule has 4 nitrogen and oxygen atoms in total. The lowest BCUT2D eigenvalue weighted by Crippen LogP contribution is -2.39. The third kappa shape index (κ3) is 1.64. The van der Waals surface area contributed by atoms with Crippen molar-refractivity contribution in [1.82, 2.24) is 4.90 Å². The Bertz CT molecular complexity index is 448. The van der Waals surface area contributed by atoms with Gasteiger partial charge in [-0.3, -0.25) is 4.79 Å². The Kier molecular flexibility index (Phi) is 2.84. The van der Waals surface area contributed by atoms with Crippen LogP contribution in [0.2, 0.25) is 0 Å². The number of aliphatic hydroxyl groups excluding tert-OH is 1. The molecule has 4 atom stereocenters. The number of rotatable bonds is 2. The highest BCUT2D eigenvalue weighted by Crippen LogP contribution is 2.38. The smallest absolute Gasteiger partial charge is 0.230 e. The summed E-state index contributed by atoms with van der Waals surface area (Å²) >= 11 is 0. The molecule has 3 N–H and O–H groups in total. The zero-order valence-electron chi connectivity index (χ0n) is 10.2. The minimum Gasteiger partial charge on any atom is -0.388 e. The van der Waals surface area contributed by atoms with Crippen molar-refractivity contribution in [2.45, 2.75) is 31.0 Å². The fourth-order valence-corrected chi connectivity index (χ4v) is 3.26. The zero-order valence-corrected chi connectivity index (χ0v) is 10.2. The van der Waals surface area contributed by atoms with Crippen LogP contribution >= 0.6 is 0 Å². The Balaban J connectivity index is 1.87. The van der Waals surface area contributed by atoms with Gasteiger partial charge in [-0.25, -0.2) is 0 Å². The third-order valence-electron chi connectivity index (χ3n) is 4.21. The number of aliphatic hydroxyl groups is 1. The molecular formula is C14H18N2O2. The summed E-state index contributed by atoms with van der Waals surface area (Å²) in [4.78, 5) is 14.1. The minimum atomic E-state index is -0.792. The average Bonchev–Trinajstić information content (AvgIpc) is 2.95. The SMILES string of the molecule is N[C@@H]1[C@H]([C@@H](O)c2ccccc2)C(=O)N2CCC[C@@H]12. The highest BCUT2D eigenvalue weighted by atomic mass is 16.3. The molecule has 2 aliphatic rings. The van der Waals surface area contributed by atoms with Crippen molar-refractivity contribution in [3.8, 4) is 0 Å². The Labute approximate surface area is 106 Å². The first kappa shape index (κ1) is 11.7. The lowest BCUT2D eigenvalue weighted by atomic mass is 9.88. The van der Waals surface area contributed by atoms with E-state index in [2.05, 4.69) is 0 Å². The maximum atomic E-state index is 12.3. The van der Waals surface area contributed by atoms with E-state index in [1.807, 2.05) is 35.2 Å². The summed E-state index contributed by atoms with van der Waals surface area (Å²) < 4.78 is 0. The van der Waals surface area contributed by atoms with Gasteiger partial charge in [-0.1, -0.05) is 30.3 Å². The maximum Gasteiger partial charge on any atom is 0.230 e. The minimum absolute atomic E-state index is 0.0151. The maximum absolute atomic E-state index is 12.3. The van der Waals surface area contributed by atoms with Crippen LogP contribution in [0.1, 0.15) is 24.5 Å². The van der Waals surface area contributed by atoms with Crippen molar-refractivity contribution in [2.24, 2.45) is 11.7 Å². The van der Waals surface area contributed by atoms with Gasteiger partial charge in [0.1, 0.15) is 0 Å². The Morgan fingerprint density at radius 2 is 2.06 bits per heavy atom. The molecule has 0 saturated carbocycles. The molecule has 1 amide bonds. The molecule has 18 heavy (non-hydrogen) atoms. The molecular weight excluding hydrogens is 228 g/mol. The Morgan fingerprint density at radius 3 is 2.72 bits per heavy atom. The quantitative estimate of drug-likeness (QED) is 0.806. The van der Waals surface area contributed by atoms with Crippen molar-refractivity contribution >= 4 is 5.91 Å². The second kappa shape index (κ2) is 4.37. The van der Waals surface area contributed by atoms with E-state index in [9.17, 15) is 9.90 Å². The summed E-state index contributed by atoms with van der Waals surface area (Å²) in [6.45, 7) is 0.787. The number of fused-ring (bicyclic) bond motifs is 1. The van der Waals surface area contributed by atoms with Crippen LogP contribution in [0.25, 0.3) is 0 Å². The second-order valence-electron chi connectivity index (χ2n) is 5.20. The first-order valence-electron chi connectivity index (χ1n) is 6.49. The predicted octanol–water partition coefficient (Wildman–Crippen LogP) is 0.668. The summed E-state index contributed by atoms with van der Waals surface area (Å²) in [6, 6.07) is 9.18. The van der Waals surface area contributed by atoms with Crippen LogP contribution in [0.3, 0.4) is 0 Å². The normalized spacial score (nSPS) is 32.7. The molecule has 0 bridgehead atoms. The van der Waals surface area contributed by atoms with Gasteiger partial charge in [0.15, 0.2) is 0 Å². The second-order valence-corrected chi connectivity index (χ2v) is 5.20. The molecule has 0 aliphatic carbocycles. The predicted molar refractivity (Wildman–Crippen MR) is 67.6 cm³/mol. The summed E-state index contributed by atoms with van der Waals surface area (Å²) in [7, 11) is 0. The molecule has 4 heteroatoms. The summed E-state index contributed by atoms with van der Waals surface area (Å²) in [5.41, 5.74) is 6.94. The highest BCUT2D eigenvalue weighted by Gasteiger charge is 2.50. The lowest BCUT2D eigenvalue weighted by molar-refractivity contribution is -0.134. The number of nitrogens with zero attached hydrogens (tertiary/aromatic N) is 1. The van der Waals surface area contributed by atoms with Gasteiger partial charge in [-0.05, 0) is 18.4 Å². The first-order chi connectivity index (χ1) is 8.70. The van der Waals surface area contributed by atoms with Crippen molar-refractivity contribution in [3.63, 3.8) is 0 Å². The fourth-order valence-electron chi connectivity index (χ4n) is 3.26. The molecule has 0 radical (unpaired) electrons. The number of carbonyl (C=O) groups excluding carboxylic acids is 1. The van der Waals surface area contributed by atoms with Gasteiger partial charge in [-0.15, -0.1) is 0 Å². The number of hydrogen-bond donors (Lipinski definition) is 2. The molecule has 3 rings (SSSR count). The fraction of sp³-hybridized carbons (Fsp3) is 0.500. The molecule has 0 unspecified atom stereocenters. The van der Waals surface area contributed by atoms with E-state index in [1.165, 1.54) is 0 Å². The van der Waals surface area contributed by atoms with E-state index in [0.29, 0.717) is 0 Å². The topological polar surface area (TPSA) is 66.6 Å². The Morgan fingerprint density at radius 1 is 1.33 bits per heavy atom. The number of benzene rings is 1. The zero-order chi connectivity index (χ0) is 12.7. The van der Waals surface area contributed by atoms with Crippen LogP contribution in [0.15, 0.2) is 30.3 Å². The number of hydrogen-bond acceptors (Lipinski definition) is 3. The molecule has 1 aromatic rings. The monoisotopic (exact) mass is 246 g/mol. The molecule has 2 aliphatic heterocycles. The molecule has 2 saturated heterocycles. The standard InChI is InChI=1S/C14H18N2O2/c15-12-10-7-4-8-16(10)14(18)11(12)13(17)9-5-2-1-3-6-9/h1-3,5-6,10-13,17H,4,7-8,15H2/t10-,11+,12-,13-/m0/s1.